The fourth-order valence-corrected chi connectivity index (χ4v) is 1.73. The Bertz CT molecular complexity index is 445. The van der Waals surface area contributed by atoms with Crippen molar-refractivity contribution >= 4 is 0 Å². The lowest BCUT2D eigenvalue weighted by Gasteiger charge is -2.05. The van der Waals surface area contributed by atoms with Crippen LogP contribution in [0, 0.1) is 0 Å². The molecule has 0 amide bonds. The molecule has 0 bridgehead atoms. The minimum atomic E-state index is 0.548. The quantitative estimate of drug-likeness (QED) is 0.825. The zero-order valence-electron chi connectivity index (χ0n) is 9.36. The Balaban J connectivity index is 2.27. The summed E-state index contributed by atoms with van der Waals surface area (Å²) in [5, 5.41) is 0. The highest BCUT2D eigenvalue weighted by molar-refractivity contribution is 5.67. The Kier molecular flexibility index (Phi) is 3.27. The maximum Gasteiger partial charge on any atom is 0.119 e. The van der Waals surface area contributed by atoms with Gasteiger partial charge in [0.15, 0.2) is 0 Å². The average molecular weight is 216 g/mol. The highest BCUT2D eigenvalue weighted by Crippen LogP contribution is 2.25. The molecule has 0 saturated carbocycles. The zero-order valence-corrected chi connectivity index (χ0v) is 9.36. The second-order valence-corrected chi connectivity index (χ2v) is 3.56. The van der Waals surface area contributed by atoms with E-state index in [0.717, 1.165) is 22.4 Å². The Morgan fingerprint density at radius 3 is 2.56 bits per heavy atom. The number of benzene rings is 1. The van der Waals surface area contributed by atoms with Crippen LogP contribution < -0.4 is 10.5 Å². The predicted molar refractivity (Wildman–Crippen MR) is 65.3 cm³/mol. The molecule has 0 fully saturated rings. The molecule has 0 aliphatic carbocycles. The first-order valence-corrected chi connectivity index (χ1v) is 5.44. The number of hydrogen-bond donors (Lipinski definition) is 2. The summed E-state index contributed by atoms with van der Waals surface area (Å²) in [6.07, 6.45) is 3.91. The topological polar surface area (TPSA) is 51.0 Å². The number of aromatic nitrogens is 1. The van der Waals surface area contributed by atoms with Crippen molar-refractivity contribution in [3.63, 3.8) is 0 Å². The first kappa shape index (κ1) is 10.8. The lowest BCUT2D eigenvalue weighted by atomic mass is 10.0. The van der Waals surface area contributed by atoms with Crippen molar-refractivity contribution in [2.75, 3.05) is 6.61 Å². The van der Waals surface area contributed by atoms with Gasteiger partial charge < -0.3 is 15.5 Å². The molecule has 0 spiro atoms. The molecule has 0 aliphatic heterocycles. The van der Waals surface area contributed by atoms with E-state index in [1.807, 2.05) is 43.6 Å². The SMILES string of the molecule is CCOc1ccc(-c2c[nH]cc2CN)cc1. The first-order chi connectivity index (χ1) is 7.85. The van der Waals surface area contributed by atoms with E-state index in [-0.39, 0.29) is 0 Å². The molecule has 2 rings (SSSR count). The highest BCUT2D eigenvalue weighted by atomic mass is 16.5. The minimum absolute atomic E-state index is 0.548. The largest absolute Gasteiger partial charge is 0.494 e. The van der Waals surface area contributed by atoms with Crippen LogP contribution in [0.4, 0.5) is 0 Å². The number of nitrogens with two attached hydrogens (primary N) is 1. The summed E-state index contributed by atoms with van der Waals surface area (Å²) in [5.41, 5.74) is 9.11. The Labute approximate surface area is 95.2 Å². The van der Waals surface area contributed by atoms with E-state index in [0.29, 0.717) is 13.2 Å². The van der Waals surface area contributed by atoms with E-state index in [1.54, 1.807) is 0 Å². The number of aromatic amines is 1. The molecule has 3 nitrogen and oxygen atoms in total. The zero-order chi connectivity index (χ0) is 11.4. The number of rotatable bonds is 4. The van der Waals surface area contributed by atoms with Crippen molar-refractivity contribution < 1.29 is 4.74 Å². The van der Waals surface area contributed by atoms with Crippen LogP contribution in [-0.2, 0) is 6.54 Å². The van der Waals surface area contributed by atoms with Crippen molar-refractivity contribution in [3.05, 3.63) is 42.2 Å². The van der Waals surface area contributed by atoms with Crippen molar-refractivity contribution in [1.82, 2.24) is 4.98 Å². The van der Waals surface area contributed by atoms with Crippen LogP contribution in [0.25, 0.3) is 11.1 Å². The van der Waals surface area contributed by atoms with Gasteiger partial charge in [0.1, 0.15) is 5.75 Å². The standard InChI is InChI=1S/C13H16N2O/c1-2-16-12-5-3-10(4-6-12)13-9-15-8-11(13)7-14/h3-6,8-9,15H,2,7,14H2,1H3. The molecule has 16 heavy (non-hydrogen) atoms. The van der Waals surface area contributed by atoms with Gasteiger partial charge >= 0.3 is 0 Å². The molecule has 1 aromatic carbocycles. The molecule has 2 aromatic rings. The van der Waals surface area contributed by atoms with Crippen LogP contribution in [0.1, 0.15) is 12.5 Å². The molecule has 0 radical (unpaired) electrons. The Morgan fingerprint density at radius 2 is 1.94 bits per heavy atom. The van der Waals surface area contributed by atoms with Crippen molar-refractivity contribution in [3.8, 4) is 16.9 Å². The summed E-state index contributed by atoms with van der Waals surface area (Å²) in [6, 6.07) is 8.05. The smallest absolute Gasteiger partial charge is 0.119 e. The number of nitrogens with one attached hydrogen (secondary N) is 1. The third-order valence-electron chi connectivity index (χ3n) is 2.53. The second-order valence-electron chi connectivity index (χ2n) is 3.56. The maximum absolute atomic E-state index is 5.67. The molecule has 0 atom stereocenters. The van der Waals surface area contributed by atoms with Crippen LogP contribution in [0.15, 0.2) is 36.7 Å². The Hall–Kier alpha value is -1.74. The number of ether oxygens (including phenoxy) is 1. The van der Waals surface area contributed by atoms with Gasteiger partial charge in [-0.15, -0.1) is 0 Å². The van der Waals surface area contributed by atoms with Gasteiger partial charge in [0.05, 0.1) is 6.61 Å². The first-order valence-electron chi connectivity index (χ1n) is 5.44. The predicted octanol–water partition coefficient (Wildman–Crippen LogP) is 2.54. The van der Waals surface area contributed by atoms with Gasteiger partial charge in [-0.1, -0.05) is 12.1 Å². The fourth-order valence-electron chi connectivity index (χ4n) is 1.73. The monoisotopic (exact) mass is 216 g/mol. The third-order valence-corrected chi connectivity index (χ3v) is 2.53. The summed E-state index contributed by atoms with van der Waals surface area (Å²) in [4.78, 5) is 3.08. The van der Waals surface area contributed by atoms with E-state index < -0.39 is 0 Å². The molecular weight excluding hydrogens is 200 g/mol. The molecule has 3 heteroatoms. The van der Waals surface area contributed by atoms with Gasteiger partial charge in [0, 0.05) is 24.5 Å². The molecule has 0 saturated heterocycles. The lowest BCUT2D eigenvalue weighted by Crippen LogP contribution is -1.96. The summed E-state index contributed by atoms with van der Waals surface area (Å²) < 4.78 is 5.40. The van der Waals surface area contributed by atoms with Gasteiger partial charge in [0.25, 0.3) is 0 Å². The van der Waals surface area contributed by atoms with Crippen molar-refractivity contribution in [2.24, 2.45) is 5.73 Å². The summed E-state index contributed by atoms with van der Waals surface area (Å²) in [5.74, 6) is 0.899. The van der Waals surface area contributed by atoms with Crippen LogP contribution in [-0.4, -0.2) is 11.6 Å². The molecule has 84 valence electrons. The molecule has 3 N–H and O–H groups in total. The molecule has 1 aromatic heterocycles. The average Bonchev–Trinajstić information content (AvgIpc) is 2.78. The minimum Gasteiger partial charge on any atom is -0.494 e. The van der Waals surface area contributed by atoms with Gasteiger partial charge in [-0.3, -0.25) is 0 Å². The van der Waals surface area contributed by atoms with Crippen LogP contribution in [0.2, 0.25) is 0 Å². The number of H-pyrrole nitrogens is 1. The normalized spacial score (nSPS) is 10.4. The van der Waals surface area contributed by atoms with E-state index in [2.05, 4.69) is 4.98 Å². The summed E-state index contributed by atoms with van der Waals surface area (Å²) in [7, 11) is 0. The van der Waals surface area contributed by atoms with Crippen LogP contribution in [0.5, 0.6) is 5.75 Å². The summed E-state index contributed by atoms with van der Waals surface area (Å²) in [6.45, 7) is 3.22. The van der Waals surface area contributed by atoms with Gasteiger partial charge in [-0.05, 0) is 30.2 Å². The van der Waals surface area contributed by atoms with Gasteiger partial charge in [-0.2, -0.15) is 0 Å². The van der Waals surface area contributed by atoms with Crippen molar-refractivity contribution in [1.29, 1.82) is 0 Å². The lowest BCUT2D eigenvalue weighted by molar-refractivity contribution is 0.340. The van der Waals surface area contributed by atoms with Gasteiger partial charge in [0.2, 0.25) is 0 Å². The van der Waals surface area contributed by atoms with E-state index in [9.17, 15) is 0 Å². The molecule has 0 unspecified atom stereocenters. The van der Waals surface area contributed by atoms with E-state index in [4.69, 9.17) is 10.5 Å². The van der Waals surface area contributed by atoms with Crippen LogP contribution >= 0.6 is 0 Å². The van der Waals surface area contributed by atoms with Gasteiger partial charge in [-0.25, -0.2) is 0 Å². The van der Waals surface area contributed by atoms with E-state index in [1.165, 1.54) is 0 Å². The number of hydrogen-bond acceptors (Lipinski definition) is 2. The summed E-state index contributed by atoms with van der Waals surface area (Å²) >= 11 is 0. The molecule has 0 aliphatic rings. The molecular formula is C13H16N2O. The fraction of sp³-hybridized carbons (Fsp3) is 0.231. The maximum atomic E-state index is 5.67. The third kappa shape index (κ3) is 2.09. The van der Waals surface area contributed by atoms with E-state index >= 15 is 0 Å². The highest BCUT2D eigenvalue weighted by Gasteiger charge is 2.04. The molecule has 1 heterocycles. The van der Waals surface area contributed by atoms with Crippen LogP contribution in [0.3, 0.4) is 0 Å². The Morgan fingerprint density at radius 1 is 1.19 bits per heavy atom. The second kappa shape index (κ2) is 4.86. The van der Waals surface area contributed by atoms with Crippen molar-refractivity contribution in [2.45, 2.75) is 13.5 Å².